The lowest BCUT2D eigenvalue weighted by atomic mass is 9.87. The highest BCUT2D eigenvalue weighted by Gasteiger charge is 2.33. The molecule has 0 bridgehead atoms. The smallest absolute Gasteiger partial charge is 0.0276 e. The van der Waals surface area contributed by atoms with Crippen LogP contribution in [0.1, 0.15) is 33.6 Å². The summed E-state index contributed by atoms with van der Waals surface area (Å²) in [6.07, 6.45) is 2.73. The molecule has 0 aromatic carbocycles. The maximum atomic E-state index is 4.34. The van der Waals surface area contributed by atoms with E-state index in [4.69, 9.17) is 0 Å². The van der Waals surface area contributed by atoms with Gasteiger partial charge < -0.3 is 0 Å². The number of nitrogens with zero attached hydrogens (tertiary/aromatic N) is 1. The fourth-order valence-corrected chi connectivity index (χ4v) is 1.49. The van der Waals surface area contributed by atoms with Crippen molar-refractivity contribution in [2.24, 2.45) is 16.3 Å². The van der Waals surface area contributed by atoms with Crippen LogP contribution in [0.15, 0.2) is 4.99 Å². The standard InChI is InChI=1S/C9H17N/c1-9(2,3)8(10-4)7-5-6-7/h7H,5-6H2,1-4H3. The molecule has 0 unspecified atom stereocenters. The molecule has 1 nitrogen and oxygen atoms in total. The first-order valence-electron chi connectivity index (χ1n) is 4.03. The SMILES string of the molecule is CN=C(C1CC1)C(C)(C)C. The van der Waals surface area contributed by atoms with Crippen LogP contribution in [0, 0.1) is 11.3 Å². The summed E-state index contributed by atoms with van der Waals surface area (Å²) in [6, 6.07) is 0. The van der Waals surface area contributed by atoms with Crippen LogP contribution >= 0.6 is 0 Å². The molecule has 1 fully saturated rings. The van der Waals surface area contributed by atoms with E-state index in [0.717, 1.165) is 5.92 Å². The number of hydrogen-bond acceptors (Lipinski definition) is 1. The lowest BCUT2D eigenvalue weighted by Gasteiger charge is -2.20. The molecule has 0 amide bonds. The molecule has 0 aromatic rings. The molecule has 1 heteroatoms. The third kappa shape index (κ3) is 1.59. The minimum atomic E-state index is 0.302. The first-order chi connectivity index (χ1) is 4.55. The molecule has 0 aliphatic heterocycles. The average molecular weight is 139 g/mol. The van der Waals surface area contributed by atoms with Crippen molar-refractivity contribution in [1.82, 2.24) is 0 Å². The fourth-order valence-electron chi connectivity index (χ4n) is 1.49. The van der Waals surface area contributed by atoms with Crippen molar-refractivity contribution >= 4 is 5.71 Å². The Labute approximate surface area is 63.5 Å². The van der Waals surface area contributed by atoms with E-state index in [9.17, 15) is 0 Å². The molecule has 58 valence electrons. The number of hydrogen-bond donors (Lipinski definition) is 0. The summed E-state index contributed by atoms with van der Waals surface area (Å²) in [7, 11) is 1.92. The summed E-state index contributed by atoms with van der Waals surface area (Å²) in [5, 5.41) is 0. The van der Waals surface area contributed by atoms with Crippen molar-refractivity contribution in [2.75, 3.05) is 7.05 Å². The maximum absolute atomic E-state index is 4.34. The second-order valence-corrected chi connectivity index (χ2v) is 4.13. The van der Waals surface area contributed by atoms with Crippen molar-refractivity contribution in [3.63, 3.8) is 0 Å². The predicted molar refractivity (Wildman–Crippen MR) is 45.5 cm³/mol. The average Bonchev–Trinajstić information content (AvgIpc) is 2.46. The summed E-state index contributed by atoms with van der Waals surface area (Å²) >= 11 is 0. The summed E-state index contributed by atoms with van der Waals surface area (Å²) in [5.41, 5.74) is 1.71. The Balaban J connectivity index is 2.65. The van der Waals surface area contributed by atoms with Crippen molar-refractivity contribution in [2.45, 2.75) is 33.6 Å². The molecule has 1 rings (SSSR count). The van der Waals surface area contributed by atoms with Crippen molar-refractivity contribution in [3.05, 3.63) is 0 Å². The predicted octanol–water partition coefficient (Wildman–Crippen LogP) is 2.51. The molecule has 0 saturated heterocycles. The monoisotopic (exact) mass is 139 g/mol. The van der Waals surface area contributed by atoms with Crippen LogP contribution < -0.4 is 0 Å². The van der Waals surface area contributed by atoms with Crippen LogP contribution in [0.25, 0.3) is 0 Å². The highest BCUT2D eigenvalue weighted by atomic mass is 14.7. The molecule has 1 aliphatic rings. The molecule has 0 atom stereocenters. The van der Waals surface area contributed by atoms with Crippen LogP contribution in [0.3, 0.4) is 0 Å². The van der Waals surface area contributed by atoms with Crippen LogP contribution in [-0.4, -0.2) is 12.8 Å². The van der Waals surface area contributed by atoms with Gasteiger partial charge in [0, 0.05) is 18.2 Å². The molecule has 0 aromatic heterocycles. The summed E-state index contributed by atoms with van der Waals surface area (Å²) < 4.78 is 0. The lowest BCUT2D eigenvalue weighted by molar-refractivity contribution is 0.572. The van der Waals surface area contributed by atoms with E-state index in [1.54, 1.807) is 0 Å². The van der Waals surface area contributed by atoms with E-state index in [0.29, 0.717) is 5.41 Å². The molecule has 0 radical (unpaired) electrons. The molecular formula is C9H17N. The third-order valence-electron chi connectivity index (χ3n) is 1.97. The molecular weight excluding hydrogens is 122 g/mol. The van der Waals surface area contributed by atoms with Gasteiger partial charge in [0.25, 0.3) is 0 Å². The van der Waals surface area contributed by atoms with Crippen molar-refractivity contribution < 1.29 is 0 Å². The third-order valence-corrected chi connectivity index (χ3v) is 1.97. The van der Waals surface area contributed by atoms with Crippen LogP contribution in [0.2, 0.25) is 0 Å². The number of aliphatic imine (C=N–C) groups is 1. The molecule has 0 spiro atoms. The zero-order valence-corrected chi connectivity index (χ0v) is 7.44. The Hall–Kier alpha value is -0.330. The number of rotatable bonds is 1. The first-order valence-corrected chi connectivity index (χ1v) is 4.03. The van der Waals surface area contributed by atoms with E-state index in [2.05, 4.69) is 25.8 Å². The first kappa shape index (κ1) is 7.77. The Kier molecular flexibility index (Phi) is 1.84. The lowest BCUT2D eigenvalue weighted by Crippen LogP contribution is -2.21. The van der Waals surface area contributed by atoms with Crippen LogP contribution in [0.5, 0.6) is 0 Å². The van der Waals surface area contributed by atoms with E-state index < -0.39 is 0 Å². The van der Waals surface area contributed by atoms with Gasteiger partial charge in [-0.05, 0) is 18.8 Å². The topological polar surface area (TPSA) is 12.4 Å². The van der Waals surface area contributed by atoms with Gasteiger partial charge in [-0.15, -0.1) is 0 Å². The van der Waals surface area contributed by atoms with Gasteiger partial charge in [0.05, 0.1) is 0 Å². The highest BCUT2D eigenvalue weighted by molar-refractivity contribution is 5.92. The Bertz CT molecular complexity index is 147. The summed E-state index contributed by atoms with van der Waals surface area (Å²) in [5.74, 6) is 0.824. The molecule has 1 aliphatic carbocycles. The highest BCUT2D eigenvalue weighted by Crippen LogP contribution is 2.37. The normalized spacial score (nSPS) is 21.4. The van der Waals surface area contributed by atoms with E-state index in [1.807, 2.05) is 7.05 Å². The Morgan fingerprint density at radius 3 is 1.90 bits per heavy atom. The van der Waals surface area contributed by atoms with Crippen LogP contribution in [-0.2, 0) is 0 Å². The Morgan fingerprint density at radius 2 is 1.80 bits per heavy atom. The van der Waals surface area contributed by atoms with E-state index in [1.165, 1.54) is 18.6 Å². The second kappa shape index (κ2) is 2.37. The summed E-state index contributed by atoms with van der Waals surface area (Å²) in [4.78, 5) is 4.34. The van der Waals surface area contributed by atoms with Crippen molar-refractivity contribution in [1.29, 1.82) is 0 Å². The van der Waals surface area contributed by atoms with Gasteiger partial charge in [-0.2, -0.15) is 0 Å². The fraction of sp³-hybridized carbons (Fsp3) is 0.889. The Morgan fingerprint density at radius 1 is 1.30 bits per heavy atom. The van der Waals surface area contributed by atoms with Crippen molar-refractivity contribution in [3.8, 4) is 0 Å². The zero-order valence-electron chi connectivity index (χ0n) is 7.44. The quantitative estimate of drug-likeness (QED) is 0.495. The van der Waals surface area contributed by atoms with Gasteiger partial charge in [0.2, 0.25) is 0 Å². The minimum Gasteiger partial charge on any atom is -0.297 e. The van der Waals surface area contributed by atoms with Crippen LogP contribution in [0.4, 0.5) is 0 Å². The van der Waals surface area contributed by atoms with Gasteiger partial charge in [0.1, 0.15) is 0 Å². The van der Waals surface area contributed by atoms with Gasteiger partial charge in [-0.3, -0.25) is 4.99 Å². The van der Waals surface area contributed by atoms with E-state index in [-0.39, 0.29) is 0 Å². The van der Waals surface area contributed by atoms with Gasteiger partial charge in [-0.1, -0.05) is 20.8 Å². The summed E-state index contributed by atoms with van der Waals surface area (Å²) in [6.45, 7) is 6.73. The zero-order chi connectivity index (χ0) is 7.78. The molecule has 1 saturated carbocycles. The van der Waals surface area contributed by atoms with E-state index >= 15 is 0 Å². The largest absolute Gasteiger partial charge is 0.297 e. The minimum absolute atomic E-state index is 0.302. The second-order valence-electron chi connectivity index (χ2n) is 4.13. The molecule has 0 heterocycles. The molecule has 10 heavy (non-hydrogen) atoms. The molecule has 0 N–H and O–H groups in total. The maximum Gasteiger partial charge on any atom is 0.0276 e. The van der Waals surface area contributed by atoms with Gasteiger partial charge in [-0.25, -0.2) is 0 Å². The van der Waals surface area contributed by atoms with Gasteiger partial charge in [0.15, 0.2) is 0 Å². The van der Waals surface area contributed by atoms with Gasteiger partial charge >= 0.3 is 0 Å².